The molecule has 3 heterocycles. The second-order valence-corrected chi connectivity index (χ2v) is 8.22. The Labute approximate surface area is 177 Å². The molecule has 1 atom stereocenters. The van der Waals surface area contributed by atoms with Gasteiger partial charge >= 0.3 is 0 Å². The lowest BCUT2D eigenvalue weighted by molar-refractivity contribution is -0.127. The highest BCUT2D eigenvalue weighted by molar-refractivity contribution is 5.90. The third kappa shape index (κ3) is 5.05. The van der Waals surface area contributed by atoms with Crippen molar-refractivity contribution in [3.63, 3.8) is 0 Å². The zero-order valence-electron chi connectivity index (χ0n) is 17.3. The lowest BCUT2D eigenvalue weighted by Crippen LogP contribution is -2.51. The summed E-state index contributed by atoms with van der Waals surface area (Å²) in [4.78, 5) is 33.4. The predicted octanol–water partition coefficient (Wildman–Crippen LogP) is 1.48. The first-order valence-electron chi connectivity index (χ1n) is 10.9. The molecular formula is C22H30N6O2. The maximum atomic E-state index is 12.7. The van der Waals surface area contributed by atoms with Crippen LogP contribution in [0.3, 0.4) is 0 Å². The number of carbonyl (C=O) groups is 2. The third-order valence-corrected chi connectivity index (χ3v) is 6.27. The van der Waals surface area contributed by atoms with Crippen molar-refractivity contribution in [1.29, 1.82) is 0 Å². The molecule has 2 aliphatic rings. The number of likely N-dealkylation sites (tertiary alicyclic amines) is 2. The van der Waals surface area contributed by atoms with Crippen LogP contribution in [0.15, 0.2) is 36.7 Å². The normalized spacial score (nSPS) is 20.8. The van der Waals surface area contributed by atoms with Crippen LogP contribution in [0.25, 0.3) is 0 Å². The summed E-state index contributed by atoms with van der Waals surface area (Å²) in [7, 11) is 0. The van der Waals surface area contributed by atoms with Crippen LogP contribution >= 0.6 is 0 Å². The largest absolute Gasteiger partial charge is 0.355 e. The predicted molar refractivity (Wildman–Crippen MR) is 113 cm³/mol. The zero-order chi connectivity index (χ0) is 20.8. The number of benzene rings is 1. The van der Waals surface area contributed by atoms with Gasteiger partial charge in [0, 0.05) is 32.2 Å². The summed E-state index contributed by atoms with van der Waals surface area (Å²) in [6.45, 7) is 3.97. The molecule has 2 saturated heterocycles. The number of hydrogen-bond acceptors (Lipinski definition) is 5. The van der Waals surface area contributed by atoms with Crippen LogP contribution in [0.5, 0.6) is 0 Å². The Balaban J connectivity index is 1.22. The van der Waals surface area contributed by atoms with Crippen molar-refractivity contribution in [1.82, 2.24) is 30.3 Å². The van der Waals surface area contributed by atoms with Gasteiger partial charge in [-0.15, -0.1) is 0 Å². The fourth-order valence-electron chi connectivity index (χ4n) is 4.56. The number of rotatable bonds is 6. The Morgan fingerprint density at radius 3 is 2.63 bits per heavy atom. The van der Waals surface area contributed by atoms with Gasteiger partial charge in [-0.2, -0.15) is 5.10 Å². The van der Waals surface area contributed by atoms with Crippen LogP contribution in [-0.2, 0) is 11.2 Å². The Morgan fingerprint density at radius 1 is 1.10 bits per heavy atom. The molecule has 0 radical (unpaired) electrons. The Bertz CT molecular complexity index is 817. The van der Waals surface area contributed by atoms with Crippen LogP contribution in [0.1, 0.15) is 41.9 Å². The topological polar surface area (TPSA) is 94.2 Å². The summed E-state index contributed by atoms with van der Waals surface area (Å²) in [5, 5.41) is 9.53. The summed E-state index contributed by atoms with van der Waals surface area (Å²) in [5.41, 5.74) is 1.25. The first kappa shape index (κ1) is 20.5. The molecule has 0 saturated carbocycles. The molecule has 2 aliphatic heterocycles. The lowest BCUT2D eigenvalue weighted by Gasteiger charge is -2.41. The molecule has 0 aliphatic carbocycles. The lowest BCUT2D eigenvalue weighted by atomic mass is 9.93. The summed E-state index contributed by atoms with van der Waals surface area (Å²) in [5.74, 6) is 0.455. The second-order valence-electron chi connectivity index (χ2n) is 8.22. The fourth-order valence-corrected chi connectivity index (χ4v) is 4.56. The Hall–Kier alpha value is -2.74. The minimum absolute atomic E-state index is 0.0587. The van der Waals surface area contributed by atoms with Crippen molar-refractivity contribution >= 4 is 11.8 Å². The average molecular weight is 411 g/mol. The van der Waals surface area contributed by atoms with Crippen molar-refractivity contribution in [2.45, 2.75) is 38.1 Å². The van der Waals surface area contributed by atoms with Gasteiger partial charge in [0.1, 0.15) is 6.33 Å². The van der Waals surface area contributed by atoms with E-state index in [0.29, 0.717) is 31.5 Å². The van der Waals surface area contributed by atoms with Crippen molar-refractivity contribution in [3.05, 3.63) is 48.0 Å². The van der Waals surface area contributed by atoms with Crippen molar-refractivity contribution in [2.24, 2.45) is 5.92 Å². The second kappa shape index (κ2) is 9.84. The maximum absolute atomic E-state index is 12.7. The number of nitrogens with one attached hydrogen (secondary N) is 2. The smallest absolute Gasteiger partial charge is 0.291 e. The number of carbonyl (C=O) groups excluding carboxylic acids is 2. The molecule has 4 rings (SSSR count). The average Bonchev–Trinajstić information content (AvgIpc) is 3.34. The van der Waals surface area contributed by atoms with Crippen LogP contribution in [0.2, 0.25) is 0 Å². The molecule has 2 N–H and O–H groups in total. The van der Waals surface area contributed by atoms with Gasteiger partial charge in [-0.3, -0.25) is 19.6 Å². The molecule has 0 bridgehead atoms. The van der Waals surface area contributed by atoms with Gasteiger partial charge in [0.05, 0.1) is 5.92 Å². The van der Waals surface area contributed by atoms with E-state index in [1.54, 1.807) is 0 Å². The highest BCUT2D eigenvalue weighted by Crippen LogP contribution is 2.24. The first-order chi connectivity index (χ1) is 14.7. The van der Waals surface area contributed by atoms with E-state index in [4.69, 9.17) is 0 Å². The number of H-pyrrole nitrogens is 1. The number of amides is 2. The molecule has 30 heavy (non-hydrogen) atoms. The summed E-state index contributed by atoms with van der Waals surface area (Å²) < 4.78 is 0. The molecule has 2 fully saturated rings. The number of aromatic nitrogens is 3. The first-order valence-corrected chi connectivity index (χ1v) is 10.9. The molecule has 2 amide bonds. The molecular weight excluding hydrogens is 380 g/mol. The minimum atomic E-state index is -0.0831. The number of piperidine rings is 2. The third-order valence-electron chi connectivity index (χ3n) is 6.27. The molecule has 1 aromatic carbocycles. The van der Waals surface area contributed by atoms with Gasteiger partial charge < -0.3 is 10.2 Å². The van der Waals surface area contributed by atoms with Crippen LogP contribution in [0, 0.1) is 5.92 Å². The quantitative estimate of drug-likeness (QED) is 0.752. The van der Waals surface area contributed by atoms with E-state index in [2.05, 4.69) is 37.5 Å². The van der Waals surface area contributed by atoms with Crippen LogP contribution in [0.4, 0.5) is 0 Å². The SMILES string of the molecule is O=C(NCCc1ccccc1)C1CCCN(C2CCN(C(=O)c3ncn[nH]3)CC2)C1. The van der Waals surface area contributed by atoms with E-state index in [1.807, 2.05) is 23.1 Å². The Kier molecular flexibility index (Phi) is 6.74. The zero-order valence-corrected chi connectivity index (χ0v) is 17.3. The van der Waals surface area contributed by atoms with E-state index in [9.17, 15) is 9.59 Å². The van der Waals surface area contributed by atoms with Crippen molar-refractivity contribution < 1.29 is 9.59 Å². The van der Waals surface area contributed by atoms with E-state index in [-0.39, 0.29) is 17.7 Å². The highest BCUT2D eigenvalue weighted by Gasteiger charge is 2.33. The highest BCUT2D eigenvalue weighted by atomic mass is 16.2. The van der Waals surface area contributed by atoms with E-state index >= 15 is 0 Å². The van der Waals surface area contributed by atoms with Gasteiger partial charge in [0.2, 0.25) is 11.7 Å². The van der Waals surface area contributed by atoms with Gasteiger partial charge in [-0.1, -0.05) is 30.3 Å². The van der Waals surface area contributed by atoms with Gasteiger partial charge in [-0.05, 0) is 44.2 Å². The molecule has 160 valence electrons. The van der Waals surface area contributed by atoms with Crippen molar-refractivity contribution in [3.8, 4) is 0 Å². The molecule has 1 unspecified atom stereocenters. The fraction of sp³-hybridized carbons (Fsp3) is 0.545. The number of hydrogen-bond donors (Lipinski definition) is 2. The van der Waals surface area contributed by atoms with E-state index in [1.165, 1.54) is 11.9 Å². The summed E-state index contributed by atoms with van der Waals surface area (Å²) in [6, 6.07) is 10.7. The van der Waals surface area contributed by atoms with Gasteiger partial charge in [0.15, 0.2) is 0 Å². The van der Waals surface area contributed by atoms with E-state index in [0.717, 1.165) is 45.2 Å². The number of nitrogens with zero attached hydrogens (tertiary/aromatic N) is 4. The molecule has 8 nitrogen and oxygen atoms in total. The maximum Gasteiger partial charge on any atom is 0.291 e. The molecule has 1 aromatic heterocycles. The standard InChI is InChI=1S/C22H30N6O2/c29-21(23-11-8-17-5-2-1-3-6-17)18-7-4-12-28(15-18)19-9-13-27(14-10-19)22(30)20-24-16-25-26-20/h1-3,5-6,16,18-19H,4,7-15H2,(H,23,29)(H,24,25,26). The summed E-state index contributed by atoms with van der Waals surface area (Å²) >= 11 is 0. The van der Waals surface area contributed by atoms with Gasteiger partial charge in [0.25, 0.3) is 5.91 Å². The van der Waals surface area contributed by atoms with Gasteiger partial charge in [-0.25, -0.2) is 4.98 Å². The molecule has 0 spiro atoms. The Morgan fingerprint density at radius 2 is 1.90 bits per heavy atom. The van der Waals surface area contributed by atoms with Crippen molar-refractivity contribution in [2.75, 3.05) is 32.7 Å². The van der Waals surface area contributed by atoms with Crippen LogP contribution in [-0.4, -0.2) is 75.6 Å². The monoisotopic (exact) mass is 410 g/mol. The molecule has 8 heteroatoms. The summed E-state index contributed by atoms with van der Waals surface area (Å²) in [6.07, 6.45) is 6.09. The number of aromatic amines is 1. The minimum Gasteiger partial charge on any atom is -0.355 e. The van der Waals surface area contributed by atoms with Crippen LogP contribution < -0.4 is 5.32 Å². The van der Waals surface area contributed by atoms with E-state index < -0.39 is 0 Å². The molecule has 2 aromatic rings.